The minimum Gasteiger partial charge on any atom is -0.395 e. The van der Waals surface area contributed by atoms with Gasteiger partial charge in [-0.3, -0.25) is 4.90 Å². The number of benzene rings is 1. The molecule has 0 bridgehead atoms. The van der Waals surface area contributed by atoms with Crippen molar-refractivity contribution < 1.29 is 5.11 Å². The lowest BCUT2D eigenvalue weighted by atomic mass is 10.0. The van der Waals surface area contributed by atoms with Gasteiger partial charge in [-0.25, -0.2) is 0 Å². The first-order valence-corrected chi connectivity index (χ1v) is 5.30. The van der Waals surface area contributed by atoms with Gasteiger partial charge in [0.2, 0.25) is 0 Å². The Bertz CT molecular complexity index is 298. The number of aryl methyl sites for hydroxylation is 1. The van der Waals surface area contributed by atoms with Crippen LogP contribution in [0, 0.1) is 0 Å². The molecule has 1 heterocycles. The molecule has 1 aromatic rings. The van der Waals surface area contributed by atoms with Gasteiger partial charge in [0.1, 0.15) is 0 Å². The van der Waals surface area contributed by atoms with E-state index < -0.39 is 0 Å². The second kappa shape index (κ2) is 4.58. The molecule has 76 valence electrons. The van der Waals surface area contributed by atoms with Gasteiger partial charge in [0, 0.05) is 13.1 Å². The summed E-state index contributed by atoms with van der Waals surface area (Å²) in [5.41, 5.74) is 2.91. The highest BCUT2D eigenvalue weighted by molar-refractivity contribution is 5.27. The minimum atomic E-state index is 0.266. The molecule has 0 saturated heterocycles. The molecule has 0 saturated carbocycles. The van der Waals surface area contributed by atoms with E-state index >= 15 is 0 Å². The van der Waals surface area contributed by atoms with Crippen LogP contribution in [0.4, 0.5) is 0 Å². The van der Waals surface area contributed by atoms with E-state index in [2.05, 4.69) is 29.2 Å². The van der Waals surface area contributed by atoms with Gasteiger partial charge < -0.3 is 5.11 Å². The molecular formula is C12H17NO. The zero-order chi connectivity index (χ0) is 9.80. The molecule has 0 unspecified atom stereocenters. The van der Waals surface area contributed by atoms with Gasteiger partial charge in [0.15, 0.2) is 0 Å². The Morgan fingerprint density at radius 2 is 2.00 bits per heavy atom. The number of rotatable bonds is 2. The summed E-state index contributed by atoms with van der Waals surface area (Å²) in [6.07, 6.45) is 2.38. The van der Waals surface area contributed by atoms with Crippen LogP contribution in [0.5, 0.6) is 0 Å². The van der Waals surface area contributed by atoms with Crippen LogP contribution >= 0.6 is 0 Å². The van der Waals surface area contributed by atoms with Crippen molar-refractivity contribution in [3.05, 3.63) is 35.4 Å². The highest BCUT2D eigenvalue weighted by atomic mass is 16.3. The SMILES string of the molecule is OCCN1CCCc2ccccc2C1. The molecule has 0 spiro atoms. The van der Waals surface area contributed by atoms with Crippen LogP contribution in [-0.4, -0.2) is 29.7 Å². The van der Waals surface area contributed by atoms with Crippen molar-refractivity contribution in [2.45, 2.75) is 19.4 Å². The molecule has 14 heavy (non-hydrogen) atoms. The van der Waals surface area contributed by atoms with Crippen LogP contribution in [0.2, 0.25) is 0 Å². The molecule has 0 atom stereocenters. The van der Waals surface area contributed by atoms with Crippen LogP contribution in [0.15, 0.2) is 24.3 Å². The van der Waals surface area contributed by atoms with Gasteiger partial charge in [-0.1, -0.05) is 24.3 Å². The van der Waals surface area contributed by atoms with Gasteiger partial charge >= 0.3 is 0 Å². The van der Waals surface area contributed by atoms with Crippen molar-refractivity contribution in [2.75, 3.05) is 19.7 Å². The Labute approximate surface area is 85.2 Å². The fourth-order valence-corrected chi connectivity index (χ4v) is 2.10. The highest BCUT2D eigenvalue weighted by Gasteiger charge is 2.12. The van der Waals surface area contributed by atoms with E-state index in [-0.39, 0.29) is 6.61 Å². The van der Waals surface area contributed by atoms with E-state index in [9.17, 15) is 0 Å². The summed E-state index contributed by atoms with van der Waals surface area (Å²) in [5, 5.41) is 8.92. The van der Waals surface area contributed by atoms with Crippen molar-refractivity contribution in [3.63, 3.8) is 0 Å². The van der Waals surface area contributed by atoms with Crippen LogP contribution in [0.1, 0.15) is 17.5 Å². The Hall–Kier alpha value is -0.860. The van der Waals surface area contributed by atoms with Crippen LogP contribution in [-0.2, 0) is 13.0 Å². The topological polar surface area (TPSA) is 23.5 Å². The molecule has 2 rings (SSSR count). The maximum atomic E-state index is 8.92. The van der Waals surface area contributed by atoms with Crippen molar-refractivity contribution in [2.24, 2.45) is 0 Å². The first kappa shape index (κ1) is 9.69. The van der Waals surface area contributed by atoms with Crippen LogP contribution < -0.4 is 0 Å². The molecule has 1 aromatic carbocycles. The zero-order valence-electron chi connectivity index (χ0n) is 8.45. The second-order valence-corrected chi connectivity index (χ2v) is 3.87. The van der Waals surface area contributed by atoms with Gasteiger partial charge in [-0.15, -0.1) is 0 Å². The van der Waals surface area contributed by atoms with E-state index in [0.29, 0.717) is 0 Å². The summed E-state index contributed by atoms with van der Waals surface area (Å²) in [4.78, 5) is 2.33. The normalized spacial score (nSPS) is 17.5. The van der Waals surface area contributed by atoms with Crippen LogP contribution in [0.25, 0.3) is 0 Å². The summed E-state index contributed by atoms with van der Waals surface area (Å²) in [5.74, 6) is 0. The maximum absolute atomic E-state index is 8.92. The van der Waals surface area contributed by atoms with Crippen molar-refractivity contribution in [3.8, 4) is 0 Å². The summed E-state index contributed by atoms with van der Waals surface area (Å²) in [6.45, 7) is 3.17. The Morgan fingerprint density at radius 3 is 2.79 bits per heavy atom. The van der Waals surface area contributed by atoms with Gasteiger partial charge in [-0.05, 0) is 30.5 Å². The largest absolute Gasteiger partial charge is 0.395 e. The third-order valence-electron chi connectivity index (χ3n) is 2.85. The number of β-amino-alcohol motifs (C(OH)–C–C–N with tert-alkyl or cyclic N) is 1. The van der Waals surface area contributed by atoms with Crippen LogP contribution in [0.3, 0.4) is 0 Å². The fourth-order valence-electron chi connectivity index (χ4n) is 2.10. The van der Waals surface area contributed by atoms with Crippen molar-refractivity contribution >= 4 is 0 Å². The van der Waals surface area contributed by atoms with Gasteiger partial charge in [-0.2, -0.15) is 0 Å². The van der Waals surface area contributed by atoms with Gasteiger partial charge in [0.25, 0.3) is 0 Å². The zero-order valence-corrected chi connectivity index (χ0v) is 8.45. The van der Waals surface area contributed by atoms with Crippen molar-refractivity contribution in [1.82, 2.24) is 4.90 Å². The summed E-state index contributed by atoms with van der Waals surface area (Å²) < 4.78 is 0. The molecule has 0 amide bonds. The number of fused-ring (bicyclic) bond motifs is 1. The van der Waals surface area contributed by atoms with E-state index in [1.807, 2.05) is 0 Å². The van der Waals surface area contributed by atoms with Crippen molar-refractivity contribution in [1.29, 1.82) is 0 Å². The third-order valence-corrected chi connectivity index (χ3v) is 2.85. The molecule has 0 aromatic heterocycles. The van der Waals surface area contributed by atoms with E-state index in [4.69, 9.17) is 5.11 Å². The molecule has 0 radical (unpaired) electrons. The average molecular weight is 191 g/mol. The predicted octanol–water partition coefficient (Wildman–Crippen LogP) is 1.43. The van der Waals surface area contributed by atoms with Gasteiger partial charge in [0.05, 0.1) is 6.61 Å². The molecular weight excluding hydrogens is 174 g/mol. The number of nitrogens with zero attached hydrogens (tertiary/aromatic N) is 1. The molecule has 2 nitrogen and oxygen atoms in total. The standard InChI is InChI=1S/C12H17NO/c14-9-8-13-7-3-6-11-4-1-2-5-12(11)10-13/h1-2,4-5,14H,3,6-10H2. The lowest BCUT2D eigenvalue weighted by molar-refractivity contribution is 0.192. The molecule has 2 heteroatoms. The number of aliphatic hydroxyl groups excluding tert-OH is 1. The quantitative estimate of drug-likeness (QED) is 0.764. The molecule has 1 aliphatic heterocycles. The lowest BCUT2D eigenvalue weighted by Crippen LogP contribution is -2.26. The minimum absolute atomic E-state index is 0.266. The average Bonchev–Trinajstić information content (AvgIpc) is 2.40. The number of hydrogen-bond donors (Lipinski definition) is 1. The van der Waals surface area contributed by atoms with E-state index in [1.165, 1.54) is 24.0 Å². The smallest absolute Gasteiger partial charge is 0.0558 e. The third kappa shape index (κ3) is 2.14. The summed E-state index contributed by atoms with van der Waals surface area (Å²) in [7, 11) is 0. The number of hydrogen-bond acceptors (Lipinski definition) is 2. The van der Waals surface area contributed by atoms with E-state index in [1.54, 1.807) is 0 Å². The lowest BCUT2D eigenvalue weighted by Gasteiger charge is -2.18. The maximum Gasteiger partial charge on any atom is 0.0558 e. The fraction of sp³-hybridized carbons (Fsp3) is 0.500. The highest BCUT2D eigenvalue weighted by Crippen LogP contribution is 2.17. The summed E-state index contributed by atoms with van der Waals surface area (Å²) in [6, 6.07) is 8.63. The monoisotopic (exact) mass is 191 g/mol. The Kier molecular flexibility index (Phi) is 3.17. The second-order valence-electron chi connectivity index (χ2n) is 3.87. The molecule has 1 aliphatic rings. The Balaban J connectivity index is 2.14. The Morgan fingerprint density at radius 1 is 1.21 bits per heavy atom. The predicted molar refractivity (Wildman–Crippen MR) is 57.1 cm³/mol. The summed E-state index contributed by atoms with van der Waals surface area (Å²) >= 11 is 0. The molecule has 0 fully saturated rings. The first-order valence-electron chi connectivity index (χ1n) is 5.30. The molecule has 1 N–H and O–H groups in total. The first-order chi connectivity index (χ1) is 6.90. The number of aliphatic hydroxyl groups is 1. The van der Waals surface area contributed by atoms with E-state index in [0.717, 1.165) is 19.6 Å². The molecule has 0 aliphatic carbocycles.